The third-order valence-electron chi connectivity index (χ3n) is 3.83. The molecule has 0 saturated heterocycles. The fourth-order valence-electron chi connectivity index (χ4n) is 2.17. The SMILES string of the molecule is NCC(=O)OC(=O)CCC(N)CC(=O)OC(=O)C[C@H](N)C(=O)OC(=O)CC(N)CCC(=O)O. The molecule has 3 atom stereocenters. The summed E-state index contributed by atoms with van der Waals surface area (Å²) >= 11 is 0. The Bertz CT molecular complexity index is 756. The van der Waals surface area contributed by atoms with Crippen LogP contribution < -0.4 is 22.9 Å². The Kier molecular flexibility index (Phi) is 14.0. The van der Waals surface area contributed by atoms with Crippen LogP contribution in [-0.4, -0.2) is 71.6 Å². The first-order chi connectivity index (χ1) is 15.3. The molecule has 0 spiro atoms. The average molecular weight is 476 g/mol. The lowest BCUT2D eigenvalue weighted by atomic mass is 10.1. The van der Waals surface area contributed by atoms with Crippen molar-refractivity contribution in [1.82, 2.24) is 0 Å². The van der Waals surface area contributed by atoms with Crippen LogP contribution in [-0.2, 0) is 47.8 Å². The highest BCUT2D eigenvalue weighted by atomic mass is 16.6. The summed E-state index contributed by atoms with van der Waals surface area (Å²) in [6.45, 7) is -0.476. The summed E-state index contributed by atoms with van der Waals surface area (Å²) in [7, 11) is 0. The Balaban J connectivity index is 4.29. The number of rotatable bonds is 14. The Morgan fingerprint density at radius 3 is 1.61 bits per heavy atom. The predicted molar refractivity (Wildman–Crippen MR) is 106 cm³/mol. The standard InChI is InChI=1S/C18H28N4O11/c19-8-17(29)31-13(25)4-2-10(21)5-14(26)32-16(28)7-11(22)18(30)33-15(27)6-9(20)1-3-12(23)24/h9-11H,1-8,19-22H2,(H,23,24)/t9?,10?,11-/m0/s1. The Morgan fingerprint density at radius 1 is 0.636 bits per heavy atom. The van der Waals surface area contributed by atoms with Crippen LogP contribution in [0, 0.1) is 0 Å². The number of nitrogens with two attached hydrogens (primary N) is 4. The van der Waals surface area contributed by atoms with Gasteiger partial charge in [-0.05, 0) is 12.8 Å². The zero-order chi connectivity index (χ0) is 25.6. The number of hydrogen-bond donors (Lipinski definition) is 5. The molecule has 0 aliphatic rings. The predicted octanol–water partition coefficient (Wildman–Crippen LogP) is -3.05. The van der Waals surface area contributed by atoms with Gasteiger partial charge in [-0.25, -0.2) is 4.79 Å². The zero-order valence-electron chi connectivity index (χ0n) is 17.7. The molecule has 186 valence electrons. The third kappa shape index (κ3) is 15.2. The lowest BCUT2D eigenvalue weighted by Crippen LogP contribution is -2.38. The summed E-state index contributed by atoms with van der Waals surface area (Å²) in [5, 5.41) is 8.54. The van der Waals surface area contributed by atoms with E-state index in [1.165, 1.54) is 0 Å². The lowest BCUT2D eigenvalue weighted by molar-refractivity contribution is -0.166. The average Bonchev–Trinajstić information content (AvgIpc) is 2.70. The van der Waals surface area contributed by atoms with Gasteiger partial charge in [0.2, 0.25) is 0 Å². The van der Waals surface area contributed by atoms with Crippen LogP contribution in [0.2, 0.25) is 0 Å². The Hall–Kier alpha value is -3.27. The van der Waals surface area contributed by atoms with Crippen molar-refractivity contribution >= 4 is 41.8 Å². The molecule has 0 aliphatic carbocycles. The van der Waals surface area contributed by atoms with E-state index >= 15 is 0 Å². The molecular formula is C18H28N4O11. The number of carbonyl (C=O) groups is 7. The van der Waals surface area contributed by atoms with Crippen LogP contribution in [0.3, 0.4) is 0 Å². The monoisotopic (exact) mass is 476 g/mol. The molecule has 0 radical (unpaired) electrons. The quantitative estimate of drug-likeness (QED) is 0.0946. The fraction of sp³-hybridized carbons (Fsp3) is 0.611. The summed E-state index contributed by atoms with van der Waals surface area (Å²) in [5.74, 6) is -7.47. The summed E-state index contributed by atoms with van der Waals surface area (Å²) in [6, 6.07) is -3.37. The van der Waals surface area contributed by atoms with Crippen molar-refractivity contribution in [2.45, 2.75) is 63.1 Å². The highest BCUT2D eigenvalue weighted by Gasteiger charge is 2.25. The molecule has 0 amide bonds. The van der Waals surface area contributed by atoms with E-state index in [9.17, 15) is 33.6 Å². The van der Waals surface area contributed by atoms with Crippen LogP contribution in [0.15, 0.2) is 0 Å². The molecule has 0 aliphatic heterocycles. The first-order valence-corrected chi connectivity index (χ1v) is 9.74. The second kappa shape index (κ2) is 15.5. The minimum atomic E-state index is -1.62. The van der Waals surface area contributed by atoms with E-state index in [2.05, 4.69) is 14.2 Å². The number of aliphatic carboxylic acids is 1. The summed E-state index contributed by atoms with van der Waals surface area (Å²) in [4.78, 5) is 79.4. The number of carbonyl (C=O) groups excluding carboxylic acids is 6. The number of esters is 6. The lowest BCUT2D eigenvalue weighted by Gasteiger charge is -2.13. The molecule has 0 aromatic rings. The van der Waals surface area contributed by atoms with Gasteiger partial charge in [0.15, 0.2) is 0 Å². The van der Waals surface area contributed by atoms with Gasteiger partial charge < -0.3 is 42.3 Å². The van der Waals surface area contributed by atoms with Crippen LogP contribution >= 0.6 is 0 Å². The van der Waals surface area contributed by atoms with Gasteiger partial charge in [-0.15, -0.1) is 0 Å². The van der Waals surface area contributed by atoms with Crippen molar-refractivity contribution in [2.24, 2.45) is 22.9 Å². The molecule has 0 fully saturated rings. The molecular weight excluding hydrogens is 448 g/mol. The van der Waals surface area contributed by atoms with Crippen molar-refractivity contribution < 1.29 is 52.9 Å². The second-order valence-corrected chi connectivity index (χ2v) is 6.90. The van der Waals surface area contributed by atoms with Crippen molar-refractivity contribution in [3.63, 3.8) is 0 Å². The molecule has 15 heteroatoms. The highest BCUT2D eigenvalue weighted by molar-refractivity contribution is 5.93. The van der Waals surface area contributed by atoms with Crippen LogP contribution in [0.25, 0.3) is 0 Å². The Labute approximate surface area is 188 Å². The summed E-state index contributed by atoms with van der Waals surface area (Å²) in [5.41, 5.74) is 21.6. The molecule has 33 heavy (non-hydrogen) atoms. The van der Waals surface area contributed by atoms with Crippen molar-refractivity contribution in [3.05, 3.63) is 0 Å². The molecule has 15 nitrogen and oxygen atoms in total. The first-order valence-electron chi connectivity index (χ1n) is 9.74. The minimum absolute atomic E-state index is 0.0196. The molecule has 2 unspecified atom stereocenters. The van der Waals surface area contributed by atoms with Crippen LogP contribution in [0.1, 0.15) is 44.9 Å². The maximum Gasteiger partial charge on any atom is 0.331 e. The van der Waals surface area contributed by atoms with Gasteiger partial charge >= 0.3 is 41.8 Å². The number of carboxylic acids is 1. The molecule has 0 aromatic carbocycles. The molecule has 0 bridgehead atoms. The van der Waals surface area contributed by atoms with E-state index in [4.69, 9.17) is 28.0 Å². The van der Waals surface area contributed by atoms with Gasteiger partial charge in [-0.1, -0.05) is 0 Å². The van der Waals surface area contributed by atoms with E-state index in [1.807, 2.05) is 0 Å². The van der Waals surface area contributed by atoms with E-state index in [0.29, 0.717) is 0 Å². The van der Waals surface area contributed by atoms with Gasteiger partial charge in [-0.2, -0.15) is 0 Å². The molecule has 0 saturated carbocycles. The van der Waals surface area contributed by atoms with E-state index in [1.54, 1.807) is 0 Å². The van der Waals surface area contributed by atoms with Crippen LogP contribution in [0.5, 0.6) is 0 Å². The highest BCUT2D eigenvalue weighted by Crippen LogP contribution is 2.06. The topological polar surface area (TPSA) is 271 Å². The first kappa shape index (κ1) is 29.7. The van der Waals surface area contributed by atoms with Gasteiger partial charge in [0, 0.05) is 24.9 Å². The molecule has 0 aromatic heterocycles. The summed E-state index contributed by atoms with van der Waals surface area (Å²) in [6.07, 6.45) is -2.32. The van der Waals surface area contributed by atoms with Gasteiger partial charge in [-0.3, -0.25) is 28.8 Å². The second-order valence-electron chi connectivity index (χ2n) is 6.90. The third-order valence-corrected chi connectivity index (χ3v) is 3.83. The molecule has 0 heterocycles. The maximum absolute atomic E-state index is 11.8. The number of hydrogen-bond acceptors (Lipinski definition) is 14. The van der Waals surface area contributed by atoms with E-state index in [0.717, 1.165) is 0 Å². The molecule has 9 N–H and O–H groups in total. The maximum atomic E-state index is 11.8. The Morgan fingerprint density at radius 2 is 1.09 bits per heavy atom. The van der Waals surface area contributed by atoms with E-state index < -0.39 is 85.7 Å². The molecule has 0 rings (SSSR count). The van der Waals surface area contributed by atoms with Gasteiger partial charge in [0.25, 0.3) is 0 Å². The minimum Gasteiger partial charge on any atom is -0.481 e. The fourth-order valence-corrected chi connectivity index (χ4v) is 2.17. The summed E-state index contributed by atoms with van der Waals surface area (Å²) < 4.78 is 13.2. The van der Waals surface area contributed by atoms with Gasteiger partial charge in [0.05, 0.1) is 25.8 Å². The van der Waals surface area contributed by atoms with E-state index in [-0.39, 0.29) is 25.7 Å². The van der Waals surface area contributed by atoms with Crippen molar-refractivity contribution in [3.8, 4) is 0 Å². The number of carboxylic acid groups (broad SMARTS) is 1. The van der Waals surface area contributed by atoms with Crippen molar-refractivity contribution in [1.29, 1.82) is 0 Å². The zero-order valence-corrected chi connectivity index (χ0v) is 17.7. The number of ether oxygens (including phenoxy) is 3. The normalized spacial score (nSPS) is 13.2. The smallest absolute Gasteiger partial charge is 0.331 e. The van der Waals surface area contributed by atoms with Crippen LogP contribution in [0.4, 0.5) is 0 Å². The van der Waals surface area contributed by atoms with Crippen molar-refractivity contribution in [2.75, 3.05) is 6.54 Å². The largest absolute Gasteiger partial charge is 0.481 e. The van der Waals surface area contributed by atoms with Gasteiger partial charge in [0.1, 0.15) is 6.04 Å².